The summed E-state index contributed by atoms with van der Waals surface area (Å²) in [6.45, 7) is 6.02. The SMILES string of the molecule is [CH2]CC/C=C\CCCC/C=C\CCC. The highest BCUT2D eigenvalue weighted by atomic mass is 13.9. The predicted octanol–water partition coefficient (Wildman–Crippen LogP) is 5.07. The van der Waals surface area contributed by atoms with Gasteiger partial charge >= 0.3 is 0 Å². The molecule has 0 N–H and O–H groups in total. The van der Waals surface area contributed by atoms with Gasteiger partial charge in [-0.05, 0) is 44.9 Å². The van der Waals surface area contributed by atoms with Crippen LogP contribution in [0.3, 0.4) is 0 Å². The summed E-state index contributed by atoms with van der Waals surface area (Å²) in [5.74, 6) is 0. The number of rotatable bonds is 9. The second-order valence-electron chi connectivity index (χ2n) is 3.66. The van der Waals surface area contributed by atoms with Crippen LogP contribution in [0, 0.1) is 6.92 Å². The van der Waals surface area contributed by atoms with Crippen LogP contribution in [0.2, 0.25) is 0 Å². The molecular weight excluding hydrogens is 168 g/mol. The quantitative estimate of drug-likeness (QED) is 0.354. The van der Waals surface area contributed by atoms with E-state index in [9.17, 15) is 0 Å². The molecule has 0 rings (SSSR count). The van der Waals surface area contributed by atoms with Crippen molar-refractivity contribution in [1.29, 1.82) is 0 Å². The summed E-state index contributed by atoms with van der Waals surface area (Å²) in [4.78, 5) is 0. The average molecular weight is 193 g/mol. The van der Waals surface area contributed by atoms with Crippen molar-refractivity contribution in [2.75, 3.05) is 0 Å². The lowest BCUT2D eigenvalue weighted by molar-refractivity contribution is 0.758. The molecule has 0 saturated heterocycles. The first-order valence-corrected chi connectivity index (χ1v) is 6.01. The Balaban J connectivity index is 3.05. The number of unbranched alkanes of at least 4 members (excludes halogenated alkanes) is 5. The molecule has 81 valence electrons. The molecule has 0 aliphatic heterocycles. The maximum absolute atomic E-state index is 3.80. The van der Waals surface area contributed by atoms with Crippen LogP contribution in [0.25, 0.3) is 0 Å². The van der Waals surface area contributed by atoms with Gasteiger partial charge in [0.05, 0.1) is 0 Å². The first-order chi connectivity index (χ1) is 6.91. The molecule has 0 amide bonds. The van der Waals surface area contributed by atoms with Crippen LogP contribution in [0.5, 0.6) is 0 Å². The van der Waals surface area contributed by atoms with E-state index in [4.69, 9.17) is 0 Å². The van der Waals surface area contributed by atoms with Gasteiger partial charge in [0.1, 0.15) is 0 Å². The number of allylic oxidation sites excluding steroid dienone is 4. The molecule has 0 heteroatoms. The Kier molecular flexibility index (Phi) is 12.0. The zero-order valence-electron chi connectivity index (χ0n) is 9.67. The highest BCUT2D eigenvalue weighted by Gasteiger charge is 1.83. The van der Waals surface area contributed by atoms with Crippen LogP contribution in [-0.2, 0) is 0 Å². The molecule has 0 fully saturated rings. The topological polar surface area (TPSA) is 0 Å². The number of hydrogen-bond acceptors (Lipinski definition) is 0. The standard InChI is InChI=1S/C14H25/c1-3-5-7-9-11-13-14-12-10-8-6-4-2/h7-10H,1,3-6,11-14H2,2H3/b9-7-,10-8-. The molecule has 0 atom stereocenters. The lowest BCUT2D eigenvalue weighted by atomic mass is 10.1. The molecule has 0 aromatic rings. The van der Waals surface area contributed by atoms with Crippen molar-refractivity contribution in [3.05, 3.63) is 31.2 Å². The summed E-state index contributed by atoms with van der Waals surface area (Å²) in [6, 6.07) is 0. The molecule has 0 unspecified atom stereocenters. The largest absolute Gasteiger partial charge is 0.0885 e. The lowest BCUT2D eigenvalue weighted by Gasteiger charge is -1.93. The molecular formula is C14H25. The van der Waals surface area contributed by atoms with E-state index in [0.29, 0.717) is 0 Å². The molecule has 0 saturated carbocycles. The van der Waals surface area contributed by atoms with E-state index in [-0.39, 0.29) is 0 Å². The first-order valence-electron chi connectivity index (χ1n) is 6.01. The van der Waals surface area contributed by atoms with Crippen LogP contribution in [0.4, 0.5) is 0 Å². The van der Waals surface area contributed by atoms with E-state index >= 15 is 0 Å². The van der Waals surface area contributed by atoms with Crippen molar-refractivity contribution in [1.82, 2.24) is 0 Å². The van der Waals surface area contributed by atoms with E-state index in [1.165, 1.54) is 38.5 Å². The molecule has 0 spiro atoms. The summed E-state index contributed by atoms with van der Waals surface area (Å²) in [6.07, 6.45) is 19.0. The maximum atomic E-state index is 3.80. The Morgan fingerprint density at radius 2 is 1.29 bits per heavy atom. The van der Waals surface area contributed by atoms with E-state index in [2.05, 4.69) is 38.2 Å². The van der Waals surface area contributed by atoms with Gasteiger partial charge in [0, 0.05) is 0 Å². The fourth-order valence-electron chi connectivity index (χ4n) is 1.28. The average Bonchev–Trinajstić information content (AvgIpc) is 2.21. The summed E-state index contributed by atoms with van der Waals surface area (Å²) in [5, 5.41) is 0. The van der Waals surface area contributed by atoms with Gasteiger partial charge in [0.25, 0.3) is 0 Å². The third-order valence-electron chi connectivity index (χ3n) is 2.15. The highest BCUT2D eigenvalue weighted by Crippen LogP contribution is 2.03. The van der Waals surface area contributed by atoms with Crippen molar-refractivity contribution >= 4 is 0 Å². The fourth-order valence-corrected chi connectivity index (χ4v) is 1.28. The van der Waals surface area contributed by atoms with Crippen molar-refractivity contribution < 1.29 is 0 Å². The molecule has 0 aromatic carbocycles. The van der Waals surface area contributed by atoms with Gasteiger partial charge in [-0.15, -0.1) is 0 Å². The van der Waals surface area contributed by atoms with Gasteiger partial charge in [0.2, 0.25) is 0 Å². The first kappa shape index (κ1) is 13.5. The highest BCUT2D eigenvalue weighted by molar-refractivity contribution is 4.83. The van der Waals surface area contributed by atoms with Crippen LogP contribution < -0.4 is 0 Å². The molecule has 0 aromatic heterocycles. The van der Waals surface area contributed by atoms with Crippen LogP contribution in [-0.4, -0.2) is 0 Å². The van der Waals surface area contributed by atoms with Crippen LogP contribution in [0.1, 0.15) is 58.3 Å². The minimum atomic E-state index is 1.02. The monoisotopic (exact) mass is 193 g/mol. The van der Waals surface area contributed by atoms with Gasteiger partial charge in [-0.2, -0.15) is 0 Å². The zero-order valence-corrected chi connectivity index (χ0v) is 9.67. The van der Waals surface area contributed by atoms with E-state index < -0.39 is 0 Å². The Labute approximate surface area is 90.1 Å². The Morgan fingerprint density at radius 3 is 1.79 bits per heavy atom. The second kappa shape index (κ2) is 12.5. The molecule has 1 radical (unpaired) electrons. The Hall–Kier alpha value is -0.520. The van der Waals surface area contributed by atoms with Gasteiger partial charge < -0.3 is 0 Å². The summed E-state index contributed by atoms with van der Waals surface area (Å²) >= 11 is 0. The molecule has 0 aliphatic rings. The minimum Gasteiger partial charge on any atom is -0.0885 e. The smallest absolute Gasteiger partial charge is 0.0351 e. The van der Waals surface area contributed by atoms with Crippen LogP contribution in [0.15, 0.2) is 24.3 Å². The van der Waals surface area contributed by atoms with Crippen molar-refractivity contribution in [3.63, 3.8) is 0 Å². The van der Waals surface area contributed by atoms with E-state index in [0.717, 1.165) is 12.8 Å². The minimum absolute atomic E-state index is 1.02. The molecule has 14 heavy (non-hydrogen) atoms. The third kappa shape index (κ3) is 11.5. The summed E-state index contributed by atoms with van der Waals surface area (Å²) in [7, 11) is 0. The molecule has 0 nitrogen and oxygen atoms in total. The van der Waals surface area contributed by atoms with Crippen LogP contribution >= 0.6 is 0 Å². The van der Waals surface area contributed by atoms with Crippen molar-refractivity contribution in [2.24, 2.45) is 0 Å². The normalized spacial score (nSPS) is 11.9. The predicted molar refractivity (Wildman–Crippen MR) is 66.2 cm³/mol. The molecule has 0 aliphatic carbocycles. The number of hydrogen-bond donors (Lipinski definition) is 0. The molecule has 0 heterocycles. The second-order valence-corrected chi connectivity index (χ2v) is 3.66. The fraction of sp³-hybridized carbons (Fsp3) is 0.643. The van der Waals surface area contributed by atoms with Crippen molar-refractivity contribution in [2.45, 2.75) is 58.3 Å². The zero-order chi connectivity index (χ0) is 10.5. The van der Waals surface area contributed by atoms with E-state index in [1.807, 2.05) is 0 Å². The van der Waals surface area contributed by atoms with Gasteiger partial charge in [-0.25, -0.2) is 0 Å². The lowest BCUT2D eigenvalue weighted by Crippen LogP contribution is -1.73. The van der Waals surface area contributed by atoms with Gasteiger partial charge in [-0.1, -0.05) is 44.6 Å². The van der Waals surface area contributed by atoms with Gasteiger partial charge in [0.15, 0.2) is 0 Å². The Bertz CT molecular complexity index is 124. The Morgan fingerprint density at radius 1 is 0.786 bits per heavy atom. The maximum Gasteiger partial charge on any atom is -0.0351 e. The summed E-state index contributed by atoms with van der Waals surface area (Å²) in [5.41, 5.74) is 0. The van der Waals surface area contributed by atoms with Crippen molar-refractivity contribution in [3.8, 4) is 0 Å². The molecule has 0 bridgehead atoms. The third-order valence-corrected chi connectivity index (χ3v) is 2.15. The van der Waals surface area contributed by atoms with Gasteiger partial charge in [-0.3, -0.25) is 0 Å². The summed E-state index contributed by atoms with van der Waals surface area (Å²) < 4.78 is 0. The van der Waals surface area contributed by atoms with E-state index in [1.54, 1.807) is 0 Å².